The van der Waals surface area contributed by atoms with Gasteiger partial charge in [0.2, 0.25) is 0 Å². The van der Waals surface area contributed by atoms with Gasteiger partial charge in [-0.3, -0.25) is 15.0 Å². The fourth-order valence-corrected chi connectivity index (χ4v) is 23.2. The molecule has 7 heteroatoms. The van der Waals surface area contributed by atoms with Crippen LogP contribution in [0.1, 0.15) is 211 Å². The van der Waals surface area contributed by atoms with E-state index in [0.29, 0.717) is 33.7 Å². The highest BCUT2D eigenvalue weighted by atomic mass is 16.5. The molecule has 0 unspecified atom stereocenters. The predicted octanol–water partition coefficient (Wildman–Crippen LogP) is 18.2. The first-order chi connectivity index (χ1) is 40.1. The van der Waals surface area contributed by atoms with Crippen LogP contribution in [0, 0.1) is 117 Å². The Morgan fingerprint density at radius 2 is 0.843 bits per heavy atom. The van der Waals surface area contributed by atoms with E-state index in [0.717, 1.165) is 116 Å². The number of rotatable bonds is 5. The van der Waals surface area contributed by atoms with Crippen molar-refractivity contribution < 1.29 is 18.9 Å². The largest absolute Gasteiger partial charge is 0.492 e. The van der Waals surface area contributed by atoms with Gasteiger partial charge in [0.05, 0.1) is 12.8 Å². The zero-order chi connectivity index (χ0) is 57.4. The minimum atomic E-state index is 0.290. The lowest BCUT2D eigenvalue weighted by Crippen LogP contribution is -2.51. The van der Waals surface area contributed by atoms with Crippen LogP contribution in [0.5, 0.6) is 5.75 Å². The summed E-state index contributed by atoms with van der Waals surface area (Å²) in [7, 11) is 0. The van der Waals surface area contributed by atoms with Gasteiger partial charge in [-0.1, -0.05) is 59.8 Å². The van der Waals surface area contributed by atoms with Gasteiger partial charge in [0.15, 0.2) is 0 Å². The highest BCUT2D eigenvalue weighted by Crippen LogP contribution is 2.70. The van der Waals surface area contributed by atoms with Crippen molar-refractivity contribution in [2.45, 2.75) is 197 Å². The Morgan fingerprint density at radius 1 is 0.422 bits per heavy atom. The molecule has 15 rings (SSSR count). The SMILES string of the molecule is CCOc1cncc(C2=CC[C@H]3[C@@H]4CC[C@H]5COCCC[C@]5(C)[C@H]4CC[C@]23C)c1.Cc1cncc(C2=CC[C@H]3[C@@H]4CC[C@H]5CCOCC[C@]5(C)[C@H]4CC[C@]23C)c1.Cc1cncc(C2=CC[C@H]3[C@@H]4CC[C@H]5COCCC[C@]5(C)[C@H]4CC[C@]23C)c1. The molecule has 7 nitrogen and oxygen atoms in total. The minimum absolute atomic E-state index is 0.290. The van der Waals surface area contributed by atoms with E-state index in [9.17, 15) is 0 Å². The average molecular weight is 1130 g/mol. The van der Waals surface area contributed by atoms with Gasteiger partial charge in [-0.25, -0.2) is 0 Å². The number of hydrogen-bond donors (Lipinski definition) is 0. The molecule has 0 amide bonds. The molecule has 3 aliphatic heterocycles. The molecule has 0 spiro atoms. The monoisotopic (exact) mass is 1130 g/mol. The molecule has 6 heterocycles. The van der Waals surface area contributed by atoms with Crippen LogP contribution in [0.25, 0.3) is 16.7 Å². The van der Waals surface area contributed by atoms with E-state index < -0.39 is 0 Å². The second-order valence-electron chi connectivity index (χ2n) is 31.3. The fraction of sp³-hybridized carbons (Fsp3) is 0.724. The summed E-state index contributed by atoms with van der Waals surface area (Å²) in [6.45, 7) is 28.6. The first-order valence-corrected chi connectivity index (χ1v) is 34.4. The summed E-state index contributed by atoms with van der Waals surface area (Å²) < 4.78 is 23.6. The van der Waals surface area contributed by atoms with Crippen LogP contribution >= 0.6 is 0 Å². The molecule has 3 aromatic rings. The third-order valence-electron chi connectivity index (χ3n) is 27.7. The van der Waals surface area contributed by atoms with Gasteiger partial charge < -0.3 is 18.9 Å². The molecule has 0 N–H and O–H groups in total. The highest BCUT2D eigenvalue weighted by molar-refractivity contribution is 5.75. The number of ether oxygens (including phenoxy) is 4. The standard InChI is InChI=1S/C26H37NO2.2C25H35NO/c1-4-29-20-14-18(15-27-16-20)22-8-9-23-21-7-6-19-17-28-13-5-11-25(19,2)24(21)10-12-26(22,23)3;1-17-13-18(15-26-14-17)21-7-8-22-20-6-5-19-16-27-12-4-10-24(19,2)23(20)9-11-25(21,22)3;1-17-14-18(16-26-15-17)21-6-7-22-20-5-4-19-9-12-27-13-11-24(19,2)23(20)8-10-25(21,22)3/h8,14-16,19,21,23-24H,4-7,9-13,17H2,1-3H3;7,13-15,19-20,22-23H,4-6,8-12,16H2,1-3H3;6,14-16,19-20,22-23H,4-5,7-13H2,1-3H3/t19-,21-,23-,24-,25-,26+;2*19-,20-,22-,23-,24-,25+/m000/s1. The Kier molecular flexibility index (Phi) is 16.3. The van der Waals surface area contributed by atoms with Crippen LogP contribution in [0.3, 0.4) is 0 Å². The number of fused-ring (bicyclic) bond motifs is 15. The number of allylic oxidation sites excluding steroid dienone is 6. The Morgan fingerprint density at radius 3 is 1.29 bits per heavy atom. The quantitative estimate of drug-likeness (QED) is 0.252. The summed E-state index contributed by atoms with van der Waals surface area (Å²) in [5.74, 6) is 11.1. The van der Waals surface area contributed by atoms with Gasteiger partial charge in [-0.15, -0.1) is 0 Å². The second-order valence-corrected chi connectivity index (χ2v) is 31.3. The van der Waals surface area contributed by atoms with E-state index in [1.54, 1.807) is 11.1 Å². The number of pyridine rings is 3. The Balaban J connectivity index is 0.000000117. The van der Waals surface area contributed by atoms with Gasteiger partial charge in [0.1, 0.15) is 5.75 Å². The van der Waals surface area contributed by atoms with Gasteiger partial charge in [-0.05, 0) is 322 Å². The molecule has 18 atom stereocenters. The molecule has 0 aromatic carbocycles. The molecule has 3 aromatic heterocycles. The van der Waals surface area contributed by atoms with Crippen molar-refractivity contribution in [1.82, 2.24) is 15.0 Å². The third kappa shape index (κ3) is 10.1. The lowest BCUT2D eigenvalue weighted by molar-refractivity contribution is -0.0885. The number of aryl methyl sites for hydroxylation is 2. The van der Waals surface area contributed by atoms with E-state index in [2.05, 4.69) is 125 Å². The van der Waals surface area contributed by atoms with Crippen molar-refractivity contribution in [3.8, 4) is 5.75 Å². The molecular weight excluding hydrogens is 1020 g/mol. The van der Waals surface area contributed by atoms with Crippen LogP contribution < -0.4 is 4.74 Å². The van der Waals surface area contributed by atoms with Gasteiger partial charge in [-0.2, -0.15) is 0 Å². The van der Waals surface area contributed by atoms with Crippen LogP contribution in [0.2, 0.25) is 0 Å². The normalized spacial score (nSPS) is 43.1. The smallest absolute Gasteiger partial charge is 0.138 e. The minimum Gasteiger partial charge on any atom is -0.492 e. The lowest BCUT2D eigenvalue weighted by atomic mass is 9.46. The molecule has 12 aliphatic rings. The average Bonchev–Trinajstić information content (AvgIpc) is 1.96. The van der Waals surface area contributed by atoms with E-state index in [-0.39, 0.29) is 5.41 Å². The highest BCUT2D eigenvalue weighted by Gasteiger charge is 2.61. The lowest BCUT2D eigenvalue weighted by Gasteiger charge is -2.58. The maximum atomic E-state index is 5.99. The fourth-order valence-electron chi connectivity index (χ4n) is 23.2. The zero-order valence-electron chi connectivity index (χ0n) is 53.1. The zero-order valence-corrected chi connectivity index (χ0v) is 53.1. The van der Waals surface area contributed by atoms with E-state index in [1.807, 2.05) is 25.5 Å². The molecule has 0 radical (unpaired) electrons. The first kappa shape index (κ1) is 58.4. The van der Waals surface area contributed by atoms with E-state index in [1.165, 1.54) is 168 Å². The van der Waals surface area contributed by atoms with Crippen LogP contribution in [-0.4, -0.2) is 61.2 Å². The van der Waals surface area contributed by atoms with Gasteiger partial charge in [0, 0.05) is 70.6 Å². The Labute approximate surface area is 502 Å². The maximum Gasteiger partial charge on any atom is 0.138 e. The van der Waals surface area contributed by atoms with Crippen molar-refractivity contribution in [2.24, 2.45) is 104 Å². The second kappa shape index (κ2) is 23.1. The van der Waals surface area contributed by atoms with E-state index >= 15 is 0 Å². The summed E-state index contributed by atoms with van der Waals surface area (Å²) in [6, 6.07) is 6.90. The molecule has 3 saturated heterocycles. The van der Waals surface area contributed by atoms with E-state index in [4.69, 9.17) is 18.9 Å². The Bertz CT molecular complexity index is 2780. The summed E-state index contributed by atoms with van der Waals surface area (Å²) in [4.78, 5) is 13.5. The first-order valence-electron chi connectivity index (χ1n) is 34.4. The van der Waals surface area contributed by atoms with Gasteiger partial charge in [0.25, 0.3) is 0 Å². The van der Waals surface area contributed by atoms with Gasteiger partial charge >= 0.3 is 0 Å². The summed E-state index contributed by atoms with van der Waals surface area (Å²) in [5, 5.41) is 0. The summed E-state index contributed by atoms with van der Waals surface area (Å²) in [6.07, 6.45) is 48.0. The number of aromatic nitrogens is 3. The molecule has 6 saturated carbocycles. The van der Waals surface area contributed by atoms with Crippen LogP contribution in [0.15, 0.2) is 73.6 Å². The van der Waals surface area contributed by atoms with Crippen LogP contribution in [-0.2, 0) is 14.2 Å². The summed E-state index contributed by atoms with van der Waals surface area (Å²) >= 11 is 0. The van der Waals surface area contributed by atoms with Crippen molar-refractivity contribution in [3.63, 3.8) is 0 Å². The Hall–Kier alpha value is -3.65. The topological polar surface area (TPSA) is 75.6 Å². The van der Waals surface area contributed by atoms with Crippen LogP contribution in [0.4, 0.5) is 0 Å². The maximum absolute atomic E-state index is 5.99. The van der Waals surface area contributed by atoms with Crippen molar-refractivity contribution in [2.75, 3.05) is 46.2 Å². The van der Waals surface area contributed by atoms with Crippen molar-refractivity contribution in [1.29, 1.82) is 0 Å². The predicted molar refractivity (Wildman–Crippen MR) is 337 cm³/mol. The van der Waals surface area contributed by atoms with Crippen molar-refractivity contribution >= 4 is 16.7 Å². The molecule has 9 aliphatic carbocycles. The molecule has 450 valence electrons. The molecule has 9 fully saturated rings. The van der Waals surface area contributed by atoms with Crippen molar-refractivity contribution in [3.05, 3.63) is 101 Å². The molecule has 0 bridgehead atoms. The third-order valence-corrected chi connectivity index (χ3v) is 27.7. The number of hydrogen-bond acceptors (Lipinski definition) is 7. The molecule has 83 heavy (non-hydrogen) atoms. The molecular formula is C76H107N3O4. The number of nitrogens with zero attached hydrogens (tertiary/aromatic N) is 3. The summed E-state index contributed by atoms with van der Waals surface area (Å²) in [5.41, 5.74) is 13.8.